The lowest BCUT2D eigenvalue weighted by atomic mass is 9.97. The molecular formula is C19H26N2O3. The van der Waals surface area contributed by atoms with E-state index < -0.39 is 0 Å². The van der Waals surface area contributed by atoms with Crippen LogP contribution in [0.5, 0.6) is 11.5 Å². The van der Waals surface area contributed by atoms with E-state index in [4.69, 9.17) is 9.26 Å². The third-order valence-electron chi connectivity index (χ3n) is 4.74. The summed E-state index contributed by atoms with van der Waals surface area (Å²) in [6, 6.07) is 8.12. The lowest BCUT2D eigenvalue weighted by molar-refractivity contribution is 0.313. The maximum atomic E-state index is 10.3. The van der Waals surface area contributed by atoms with Gasteiger partial charge in [-0.1, -0.05) is 23.7 Å². The Morgan fingerprint density at radius 3 is 3.00 bits per heavy atom. The fourth-order valence-corrected chi connectivity index (χ4v) is 3.54. The van der Waals surface area contributed by atoms with Crippen molar-refractivity contribution in [3.8, 4) is 11.5 Å². The number of aromatic hydroxyl groups is 1. The normalized spacial score (nSPS) is 20.4. The van der Waals surface area contributed by atoms with Crippen LogP contribution in [0.15, 0.2) is 28.8 Å². The highest BCUT2D eigenvalue weighted by Crippen LogP contribution is 2.32. The number of para-hydroxylation sites is 1. The first kappa shape index (κ1) is 16.8. The molecule has 1 aromatic carbocycles. The van der Waals surface area contributed by atoms with Crippen molar-refractivity contribution in [1.29, 1.82) is 0 Å². The highest BCUT2D eigenvalue weighted by Gasteiger charge is 2.28. The molecule has 1 aromatic heterocycles. The number of ether oxygens (including phenoxy) is 1. The molecule has 5 heteroatoms. The zero-order valence-corrected chi connectivity index (χ0v) is 14.4. The second-order valence-electron chi connectivity index (χ2n) is 6.51. The highest BCUT2D eigenvalue weighted by molar-refractivity contribution is 5.45. The average molecular weight is 330 g/mol. The van der Waals surface area contributed by atoms with Crippen molar-refractivity contribution in [1.82, 2.24) is 10.5 Å². The molecule has 0 spiro atoms. The summed E-state index contributed by atoms with van der Waals surface area (Å²) in [5, 5.41) is 17.9. The molecule has 130 valence electrons. The number of nitrogens with one attached hydrogen (secondary N) is 1. The van der Waals surface area contributed by atoms with Crippen LogP contribution in [-0.2, 0) is 13.0 Å². The first-order valence-electron chi connectivity index (χ1n) is 8.76. The van der Waals surface area contributed by atoms with Gasteiger partial charge in [-0.3, -0.25) is 0 Å². The van der Waals surface area contributed by atoms with E-state index in [1.807, 2.05) is 32.0 Å². The SMILES string of the molecule is CCOc1cccc(CN[C@@H]2CCC[C@H]2Cc2cc(C)no2)c1O. The van der Waals surface area contributed by atoms with Crippen LogP contribution in [-0.4, -0.2) is 22.9 Å². The van der Waals surface area contributed by atoms with Gasteiger partial charge < -0.3 is 19.7 Å². The number of phenolic OH excluding ortho intramolecular Hbond substituents is 1. The van der Waals surface area contributed by atoms with Gasteiger partial charge in [0.15, 0.2) is 11.5 Å². The largest absolute Gasteiger partial charge is 0.504 e. The molecule has 0 saturated heterocycles. The zero-order chi connectivity index (χ0) is 16.9. The summed E-state index contributed by atoms with van der Waals surface area (Å²) in [6.45, 7) is 5.05. The molecule has 2 aromatic rings. The number of phenols is 1. The molecule has 1 aliphatic rings. The molecular weight excluding hydrogens is 304 g/mol. The van der Waals surface area contributed by atoms with Gasteiger partial charge in [0.2, 0.25) is 0 Å². The van der Waals surface area contributed by atoms with Crippen molar-refractivity contribution in [2.45, 2.75) is 52.1 Å². The summed E-state index contributed by atoms with van der Waals surface area (Å²) in [5.74, 6) is 2.31. The predicted molar refractivity (Wildman–Crippen MR) is 92.2 cm³/mol. The third-order valence-corrected chi connectivity index (χ3v) is 4.74. The van der Waals surface area contributed by atoms with E-state index in [1.54, 1.807) is 6.07 Å². The Morgan fingerprint density at radius 2 is 2.25 bits per heavy atom. The van der Waals surface area contributed by atoms with E-state index in [0.717, 1.165) is 29.9 Å². The number of hydrogen-bond acceptors (Lipinski definition) is 5. The summed E-state index contributed by atoms with van der Waals surface area (Å²) < 4.78 is 10.8. The summed E-state index contributed by atoms with van der Waals surface area (Å²) in [5.41, 5.74) is 1.81. The number of nitrogens with zero attached hydrogens (tertiary/aromatic N) is 1. The van der Waals surface area contributed by atoms with Crippen molar-refractivity contribution in [3.05, 3.63) is 41.3 Å². The van der Waals surface area contributed by atoms with Gasteiger partial charge in [-0.25, -0.2) is 0 Å². The first-order chi connectivity index (χ1) is 11.7. The van der Waals surface area contributed by atoms with Gasteiger partial charge in [0.25, 0.3) is 0 Å². The lowest BCUT2D eigenvalue weighted by Gasteiger charge is -2.20. The minimum absolute atomic E-state index is 0.243. The van der Waals surface area contributed by atoms with Crippen LogP contribution >= 0.6 is 0 Å². The van der Waals surface area contributed by atoms with E-state index >= 15 is 0 Å². The molecule has 0 amide bonds. The molecule has 1 saturated carbocycles. The molecule has 5 nitrogen and oxygen atoms in total. The van der Waals surface area contributed by atoms with Gasteiger partial charge in [-0.2, -0.15) is 0 Å². The number of hydrogen-bond donors (Lipinski definition) is 2. The molecule has 24 heavy (non-hydrogen) atoms. The molecule has 2 N–H and O–H groups in total. The lowest BCUT2D eigenvalue weighted by Crippen LogP contribution is -2.32. The minimum atomic E-state index is 0.243. The molecule has 1 fully saturated rings. The number of rotatable bonds is 7. The maximum absolute atomic E-state index is 10.3. The van der Waals surface area contributed by atoms with Crippen LogP contribution in [0.1, 0.15) is 43.2 Å². The summed E-state index contributed by atoms with van der Waals surface area (Å²) in [4.78, 5) is 0. The summed E-state index contributed by atoms with van der Waals surface area (Å²) in [7, 11) is 0. The zero-order valence-electron chi connectivity index (χ0n) is 14.4. The molecule has 0 bridgehead atoms. The first-order valence-corrected chi connectivity index (χ1v) is 8.76. The van der Waals surface area contributed by atoms with Crippen molar-refractivity contribution in [3.63, 3.8) is 0 Å². The molecule has 3 rings (SSSR count). The monoisotopic (exact) mass is 330 g/mol. The number of benzene rings is 1. The molecule has 0 unspecified atom stereocenters. The molecule has 1 aliphatic carbocycles. The van der Waals surface area contributed by atoms with Gasteiger partial charge in [0, 0.05) is 30.6 Å². The van der Waals surface area contributed by atoms with Crippen LogP contribution in [0.25, 0.3) is 0 Å². The fourth-order valence-electron chi connectivity index (χ4n) is 3.54. The number of aryl methyl sites for hydroxylation is 1. The van der Waals surface area contributed by atoms with Crippen LogP contribution in [0.4, 0.5) is 0 Å². The molecule has 2 atom stereocenters. The Hall–Kier alpha value is -2.01. The molecule has 1 heterocycles. The Bertz CT molecular complexity index is 668. The van der Waals surface area contributed by atoms with E-state index in [-0.39, 0.29) is 5.75 Å². The van der Waals surface area contributed by atoms with Crippen molar-refractivity contribution < 1.29 is 14.4 Å². The van der Waals surface area contributed by atoms with E-state index in [0.29, 0.717) is 30.9 Å². The Labute approximate surface area is 143 Å². The van der Waals surface area contributed by atoms with Crippen molar-refractivity contribution in [2.24, 2.45) is 5.92 Å². The summed E-state index contributed by atoms with van der Waals surface area (Å²) in [6.07, 6.45) is 4.50. The van der Waals surface area contributed by atoms with Crippen LogP contribution in [0.3, 0.4) is 0 Å². The quantitative estimate of drug-likeness (QED) is 0.812. The molecule has 0 aliphatic heterocycles. The minimum Gasteiger partial charge on any atom is -0.504 e. The highest BCUT2D eigenvalue weighted by atomic mass is 16.5. The van der Waals surface area contributed by atoms with E-state index in [9.17, 15) is 5.11 Å². The van der Waals surface area contributed by atoms with Crippen molar-refractivity contribution >= 4 is 0 Å². The number of aromatic nitrogens is 1. The molecule has 0 radical (unpaired) electrons. The van der Waals surface area contributed by atoms with Crippen LogP contribution in [0, 0.1) is 12.8 Å². The Balaban J connectivity index is 1.60. The topological polar surface area (TPSA) is 67.5 Å². The van der Waals surface area contributed by atoms with Gasteiger partial charge >= 0.3 is 0 Å². The third kappa shape index (κ3) is 3.90. The van der Waals surface area contributed by atoms with E-state index in [1.165, 1.54) is 12.8 Å². The summed E-state index contributed by atoms with van der Waals surface area (Å²) >= 11 is 0. The predicted octanol–water partition coefficient (Wildman–Crippen LogP) is 3.59. The second-order valence-corrected chi connectivity index (χ2v) is 6.51. The second kappa shape index (κ2) is 7.71. The Kier molecular flexibility index (Phi) is 5.41. The van der Waals surface area contributed by atoms with E-state index in [2.05, 4.69) is 10.5 Å². The van der Waals surface area contributed by atoms with Crippen LogP contribution in [0.2, 0.25) is 0 Å². The van der Waals surface area contributed by atoms with Gasteiger partial charge in [-0.05, 0) is 38.7 Å². The van der Waals surface area contributed by atoms with Gasteiger partial charge in [-0.15, -0.1) is 0 Å². The average Bonchev–Trinajstić information content (AvgIpc) is 3.18. The van der Waals surface area contributed by atoms with Crippen molar-refractivity contribution in [2.75, 3.05) is 6.61 Å². The fraction of sp³-hybridized carbons (Fsp3) is 0.526. The smallest absolute Gasteiger partial charge is 0.162 e. The standard InChI is InChI=1S/C19H26N2O3/c1-3-23-18-9-5-7-15(19(18)22)12-20-17-8-4-6-14(17)11-16-10-13(2)21-24-16/h5,7,9-10,14,17,20,22H,3-4,6,8,11-12H2,1-2H3/t14-,17+/m0/s1. The maximum Gasteiger partial charge on any atom is 0.162 e. The van der Waals surface area contributed by atoms with Crippen LogP contribution < -0.4 is 10.1 Å². The Morgan fingerprint density at radius 1 is 1.38 bits per heavy atom. The van der Waals surface area contributed by atoms with Gasteiger partial charge in [0.05, 0.1) is 12.3 Å². The van der Waals surface area contributed by atoms with Gasteiger partial charge in [0.1, 0.15) is 5.76 Å².